The molecular formula is C17H19ClN2O4. The van der Waals surface area contributed by atoms with E-state index in [1.165, 1.54) is 14.2 Å². The maximum atomic E-state index is 12.7. The molecule has 4 atom stereocenters. The van der Waals surface area contributed by atoms with Gasteiger partial charge in [-0.25, -0.2) is 0 Å². The van der Waals surface area contributed by atoms with Crippen LogP contribution in [0.15, 0.2) is 24.3 Å². The van der Waals surface area contributed by atoms with Crippen molar-refractivity contribution in [1.29, 1.82) is 0 Å². The number of nitrogens with one attached hydrogen (secondary N) is 1. The van der Waals surface area contributed by atoms with Gasteiger partial charge in [-0.15, -0.1) is 0 Å². The monoisotopic (exact) mass is 350 g/mol. The van der Waals surface area contributed by atoms with Crippen LogP contribution in [0.2, 0.25) is 5.02 Å². The average Bonchev–Trinajstić information content (AvgIpc) is 3.05. The van der Waals surface area contributed by atoms with Gasteiger partial charge in [0.05, 0.1) is 18.9 Å². The summed E-state index contributed by atoms with van der Waals surface area (Å²) in [7, 11) is 2.75. The van der Waals surface area contributed by atoms with E-state index < -0.39 is 29.4 Å². The molecule has 128 valence electrons. The standard InChI is InChI=1S/C17H19ClN2O4/c1-4-17(16(23)24-3)12-11(14(21)20(2)15(12)22)13(19-17)9-5-7-10(18)8-6-9/h5-8,11-13,19H,4H2,1-3H3/t11-,12-,13+,17-/m0/s1. The Kier molecular flexibility index (Phi) is 4.13. The molecule has 1 N–H and O–H groups in total. The van der Waals surface area contributed by atoms with Crippen molar-refractivity contribution in [2.45, 2.75) is 24.9 Å². The number of halogens is 1. The molecule has 2 amide bonds. The van der Waals surface area contributed by atoms with Gasteiger partial charge in [0, 0.05) is 18.1 Å². The molecule has 0 radical (unpaired) electrons. The van der Waals surface area contributed by atoms with E-state index in [1.807, 2.05) is 0 Å². The highest BCUT2D eigenvalue weighted by Crippen LogP contribution is 2.50. The number of rotatable bonds is 3. The highest BCUT2D eigenvalue weighted by molar-refractivity contribution is 6.30. The minimum Gasteiger partial charge on any atom is -0.468 e. The fourth-order valence-corrected chi connectivity index (χ4v) is 4.07. The lowest BCUT2D eigenvalue weighted by Crippen LogP contribution is -2.55. The normalized spacial score (nSPS) is 32.2. The fourth-order valence-electron chi connectivity index (χ4n) is 3.94. The molecule has 2 aliphatic rings. The molecule has 0 bridgehead atoms. The Morgan fingerprint density at radius 1 is 1.29 bits per heavy atom. The number of carbonyl (C=O) groups is 3. The van der Waals surface area contributed by atoms with Crippen LogP contribution in [0.4, 0.5) is 0 Å². The number of hydrogen-bond acceptors (Lipinski definition) is 5. The first-order valence-electron chi connectivity index (χ1n) is 7.80. The lowest BCUT2D eigenvalue weighted by atomic mass is 9.78. The molecule has 24 heavy (non-hydrogen) atoms. The molecule has 1 aromatic rings. The number of benzene rings is 1. The number of ether oxygens (including phenoxy) is 1. The highest BCUT2D eigenvalue weighted by Gasteiger charge is 2.67. The number of amides is 2. The van der Waals surface area contributed by atoms with Crippen LogP contribution in [0.3, 0.4) is 0 Å². The van der Waals surface area contributed by atoms with Crippen molar-refractivity contribution >= 4 is 29.4 Å². The first-order chi connectivity index (χ1) is 11.4. The molecule has 2 aliphatic heterocycles. The number of imide groups is 1. The van der Waals surface area contributed by atoms with Crippen LogP contribution < -0.4 is 5.32 Å². The molecule has 0 aromatic heterocycles. The average molecular weight is 351 g/mol. The maximum Gasteiger partial charge on any atom is 0.326 e. The molecule has 2 saturated heterocycles. The second kappa shape index (κ2) is 5.86. The zero-order chi connectivity index (χ0) is 17.6. The molecule has 2 fully saturated rings. The Morgan fingerprint density at radius 2 is 1.92 bits per heavy atom. The van der Waals surface area contributed by atoms with Gasteiger partial charge in [0.2, 0.25) is 11.8 Å². The molecule has 3 rings (SSSR count). The Balaban J connectivity index is 2.12. The van der Waals surface area contributed by atoms with Crippen LogP contribution in [-0.2, 0) is 19.1 Å². The van der Waals surface area contributed by atoms with Gasteiger partial charge in [0.15, 0.2) is 0 Å². The quantitative estimate of drug-likeness (QED) is 0.661. The predicted octanol–water partition coefficient (Wildman–Crippen LogP) is 1.54. The van der Waals surface area contributed by atoms with Crippen LogP contribution >= 0.6 is 11.6 Å². The number of carbonyl (C=O) groups excluding carboxylic acids is 3. The Labute approximate surface area is 145 Å². The third kappa shape index (κ3) is 2.17. The van der Waals surface area contributed by atoms with Crippen molar-refractivity contribution in [2.75, 3.05) is 14.2 Å². The van der Waals surface area contributed by atoms with E-state index in [-0.39, 0.29) is 11.8 Å². The lowest BCUT2D eigenvalue weighted by molar-refractivity contribution is -0.154. The van der Waals surface area contributed by atoms with Crippen LogP contribution in [0, 0.1) is 11.8 Å². The first kappa shape index (κ1) is 16.9. The lowest BCUT2D eigenvalue weighted by Gasteiger charge is -2.30. The number of fused-ring (bicyclic) bond motifs is 1. The number of hydrogen-bond donors (Lipinski definition) is 1. The SMILES string of the molecule is CC[C@]1(C(=O)OC)N[C@H](c2ccc(Cl)cc2)[C@H]2C(=O)N(C)C(=O)[C@H]21. The van der Waals surface area contributed by atoms with E-state index in [9.17, 15) is 14.4 Å². The van der Waals surface area contributed by atoms with Crippen LogP contribution in [0.25, 0.3) is 0 Å². The van der Waals surface area contributed by atoms with Gasteiger partial charge in [0.1, 0.15) is 5.54 Å². The fraction of sp³-hybridized carbons (Fsp3) is 0.471. The Bertz CT molecular complexity index is 705. The van der Waals surface area contributed by atoms with Crippen LogP contribution in [0.5, 0.6) is 0 Å². The van der Waals surface area contributed by atoms with Crippen molar-refractivity contribution < 1.29 is 19.1 Å². The van der Waals surface area contributed by atoms with E-state index in [1.54, 1.807) is 31.2 Å². The number of esters is 1. The third-order valence-corrected chi connectivity index (χ3v) is 5.46. The molecule has 1 aromatic carbocycles. The Morgan fingerprint density at radius 3 is 2.46 bits per heavy atom. The summed E-state index contributed by atoms with van der Waals surface area (Å²) in [5.74, 6) is -2.55. The summed E-state index contributed by atoms with van der Waals surface area (Å²) in [4.78, 5) is 38.9. The van der Waals surface area contributed by atoms with Crippen LogP contribution in [-0.4, -0.2) is 42.4 Å². The van der Waals surface area contributed by atoms with Gasteiger partial charge in [-0.05, 0) is 24.1 Å². The number of likely N-dealkylation sites (tertiary alicyclic amines) is 1. The molecule has 6 nitrogen and oxygen atoms in total. The van der Waals surface area contributed by atoms with E-state index in [0.717, 1.165) is 10.5 Å². The molecule has 2 heterocycles. The third-order valence-electron chi connectivity index (χ3n) is 5.21. The summed E-state index contributed by atoms with van der Waals surface area (Å²) in [6, 6.07) is 6.60. The van der Waals surface area contributed by atoms with Crippen molar-refractivity contribution in [1.82, 2.24) is 10.2 Å². The summed E-state index contributed by atoms with van der Waals surface area (Å²) in [5.41, 5.74) is -0.397. The number of methoxy groups -OCH3 is 1. The van der Waals surface area contributed by atoms with Gasteiger partial charge >= 0.3 is 5.97 Å². The largest absolute Gasteiger partial charge is 0.468 e. The zero-order valence-corrected chi connectivity index (χ0v) is 14.5. The van der Waals surface area contributed by atoms with Crippen molar-refractivity contribution in [3.63, 3.8) is 0 Å². The molecule has 0 unspecified atom stereocenters. The minimum atomic E-state index is -1.21. The van der Waals surface area contributed by atoms with E-state index in [2.05, 4.69) is 5.32 Å². The van der Waals surface area contributed by atoms with Gasteiger partial charge in [-0.2, -0.15) is 0 Å². The van der Waals surface area contributed by atoms with E-state index >= 15 is 0 Å². The zero-order valence-electron chi connectivity index (χ0n) is 13.7. The molecule has 0 spiro atoms. The predicted molar refractivity (Wildman–Crippen MR) is 87.1 cm³/mol. The maximum absolute atomic E-state index is 12.7. The Hall–Kier alpha value is -1.92. The summed E-state index contributed by atoms with van der Waals surface area (Å²) in [5, 5.41) is 3.82. The summed E-state index contributed by atoms with van der Waals surface area (Å²) >= 11 is 5.94. The highest BCUT2D eigenvalue weighted by atomic mass is 35.5. The van der Waals surface area contributed by atoms with Gasteiger partial charge in [-0.3, -0.25) is 24.6 Å². The van der Waals surface area contributed by atoms with E-state index in [0.29, 0.717) is 11.4 Å². The van der Waals surface area contributed by atoms with Crippen molar-refractivity contribution in [3.8, 4) is 0 Å². The summed E-state index contributed by atoms with van der Waals surface area (Å²) in [6.45, 7) is 1.81. The summed E-state index contributed by atoms with van der Waals surface area (Å²) in [6.07, 6.45) is 0.345. The smallest absolute Gasteiger partial charge is 0.326 e. The summed E-state index contributed by atoms with van der Waals surface area (Å²) < 4.78 is 4.95. The van der Waals surface area contributed by atoms with Gasteiger partial charge in [0.25, 0.3) is 0 Å². The van der Waals surface area contributed by atoms with Gasteiger partial charge < -0.3 is 4.74 Å². The van der Waals surface area contributed by atoms with Crippen molar-refractivity contribution in [3.05, 3.63) is 34.9 Å². The topological polar surface area (TPSA) is 75.7 Å². The molecule has 7 heteroatoms. The van der Waals surface area contributed by atoms with Gasteiger partial charge in [-0.1, -0.05) is 30.7 Å². The second-order valence-electron chi connectivity index (χ2n) is 6.23. The molecule has 0 aliphatic carbocycles. The first-order valence-corrected chi connectivity index (χ1v) is 8.18. The second-order valence-corrected chi connectivity index (χ2v) is 6.67. The number of nitrogens with zero attached hydrogens (tertiary/aromatic N) is 1. The van der Waals surface area contributed by atoms with Crippen molar-refractivity contribution in [2.24, 2.45) is 11.8 Å². The molecule has 0 saturated carbocycles. The van der Waals surface area contributed by atoms with E-state index in [4.69, 9.17) is 16.3 Å². The minimum absolute atomic E-state index is 0.281. The molecular weight excluding hydrogens is 332 g/mol. The van der Waals surface area contributed by atoms with Crippen LogP contribution in [0.1, 0.15) is 24.9 Å².